The highest BCUT2D eigenvalue weighted by molar-refractivity contribution is 5.87. The summed E-state index contributed by atoms with van der Waals surface area (Å²) in [6, 6.07) is 1.81. The lowest BCUT2D eigenvalue weighted by molar-refractivity contribution is -0.146. The van der Waals surface area contributed by atoms with Crippen LogP contribution < -0.4 is 0 Å². The number of rotatable bonds is 2. The van der Waals surface area contributed by atoms with Crippen LogP contribution in [0.2, 0.25) is 0 Å². The number of aromatic nitrogens is 2. The maximum atomic E-state index is 11.6. The average molecular weight is 236 g/mol. The van der Waals surface area contributed by atoms with Gasteiger partial charge in [-0.2, -0.15) is 5.10 Å². The predicted octanol–water partition coefficient (Wildman–Crippen LogP) is 1.19. The van der Waals surface area contributed by atoms with Crippen molar-refractivity contribution < 1.29 is 14.7 Å². The number of carboxylic acids is 1. The minimum Gasteiger partial charge on any atom is -0.481 e. The highest BCUT2D eigenvalue weighted by atomic mass is 16.4. The highest BCUT2D eigenvalue weighted by Gasteiger charge is 2.45. The Morgan fingerprint density at radius 2 is 2.06 bits per heavy atom. The largest absolute Gasteiger partial charge is 0.481 e. The molecular weight excluding hydrogens is 220 g/mol. The molecule has 1 heterocycles. The van der Waals surface area contributed by atoms with Gasteiger partial charge in [-0.3, -0.25) is 14.3 Å². The Bertz CT molecular complexity index is 466. The van der Waals surface area contributed by atoms with Crippen LogP contribution in [0.15, 0.2) is 6.07 Å². The third-order valence-corrected chi connectivity index (χ3v) is 3.56. The second-order valence-corrected chi connectivity index (χ2v) is 4.72. The summed E-state index contributed by atoms with van der Waals surface area (Å²) in [5, 5.41) is 13.7. The number of Topliss-reactive ketones (excluding diaryl/α,β-unsaturated/α-hetero) is 1. The molecule has 0 saturated heterocycles. The number of carbonyl (C=O) groups is 2. The minimum atomic E-state index is -0.941. The molecule has 2 rings (SSSR count). The van der Waals surface area contributed by atoms with Crippen molar-refractivity contribution in [3.05, 3.63) is 17.5 Å². The van der Waals surface area contributed by atoms with E-state index in [9.17, 15) is 14.7 Å². The van der Waals surface area contributed by atoms with E-state index in [0.29, 0.717) is 31.4 Å². The second kappa shape index (κ2) is 3.98. The van der Waals surface area contributed by atoms with Gasteiger partial charge in [0.25, 0.3) is 0 Å². The fourth-order valence-corrected chi connectivity index (χ4v) is 2.59. The molecule has 1 aromatic heterocycles. The molecule has 5 nitrogen and oxygen atoms in total. The Kier molecular flexibility index (Phi) is 2.77. The molecule has 1 aliphatic rings. The molecule has 1 aromatic rings. The van der Waals surface area contributed by atoms with Gasteiger partial charge in [0.1, 0.15) is 11.2 Å². The first-order chi connectivity index (χ1) is 7.95. The molecule has 1 saturated carbocycles. The van der Waals surface area contributed by atoms with Crippen molar-refractivity contribution in [1.82, 2.24) is 9.78 Å². The van der Waals surface area contributed by atoms with Gasteiger partial charge in [-0.05, 0) is 25.8 Å². The van der Waals surface area contributed by atoms with Gasteiger partial charge in [-0.15, -0.1) is 0 Å². The molecule has 1 aliphatic carbocycles. The van der Waals surface area contributed by atoms with Crippen molar-refractivity contribution in [1.29, 1.82) is 0 Å². The average Bonchev–Trinajstić information content (AvgIpc) is 2.59. The van der Waals surface area contributed by atoms with Crippen LogP contribution in [0.3, 0.4) is 0 Å². The van der Waals surface area contributed by atoms with Crippen molar-refractivity contribution in [2.24, 2.45) is 7.05 Å². The van der Waals surface area contributed by atoms with Gasteiger partial charge in [-0.25, -0.2) is 0 Å². The second-order valence-electron chi connectivity index (χ2n) is 4.72. The van der Waals surface area contributed by atoms with Gasteiger partial charge in [-0.1, -0.05) is 0 Å². The molecule has 5 heteroatoms. The van der Waals surface area contributed by atoms with Crippen LogP contribution in [0.1, 0.15) is 37.1 Å². The van der Waals surface area contributed by atoms with Crippen molar-refractivity contribution >= 4 is 11.8 Å². The van der Waals surface area contributed by atoms with E-state index in [1.165, 1.54) is 0 Å². The van der Waals surface area contributed by atoms with Crippen molar-refractivity contribution in [3.63, 3.8) is 0 Å². The number of carbonyl (C=O) groups excluding carboxylic acids is 1. The number of nitrogens with zero attached hydrogens (tertiary/aromatic N) is 2. The van der Waals surface area contributed by atoms with Gasteiger partial charge >= 0.3 is 5.97 Å². The maximum Gasteiger partial charge on any atom is 0.315 e. The SMILES string of the molecule is Cc1cc(C2(C(=O)O)CCC(=O)CC2)n(C)n1. The molecule has 0 aliphatic heterocycles. The molecule has 0 unspecified atom stereocenters. The van der Waals surface area contributed by atoms with Gasteiger partial charge in [0, 0.05) is 19.9 Å². The molecule has 0 atom stereocenters. The lowest BCUT2D eigenvalue weighted by Gasteiger charge is -2.32. The van der Waals surface area contributed by atoms with Crippen LogP contribution in [-0.4, -0.2) is 26.6 Å². The minimum absolute atomic E-state index is 0.153. The van der Waals surface area contributed by atoms with Crippen LogP contribution in [0.4, 0.5) is 0 Å². The molecule has 92 valence electrons. The van der Waals surface area contributed by atoms with Gasteiger partial charge in [0.05, 0.1) is 11.4 Å². The summed E-state index contributed by atoms with van der Waals surface area (Å²) < 4.78 is 1.62. The number of aryl methyl sites for hydroxylation is 2. The maximum absolute atomic E-state index is 11.6. The van der Waals surface area contributed by atoms with E-state index in [0.717, 1.165) is 5.69 Å². The third kappa shape index (κ3) is 1.85. The zero-order valence-corrected chi connectivity index (χ0v) is 10.1. The van der Waals surface area contributed by atoms with E-state index < -0.39 is 11.4 Å². The molecule has 0 radical (unpaired) electrons. The summed E-state index contributed by atoms with van der Waals surface area (Å²) in [4.78, 5) is 22.9. The van der Waals surface area contributed by atoms with Gasteiger partial charge in [0.2, 0.25) is 0 Å². The van der Waals surface area contributed by atoms with Crippen LogP contribution in [-0.2, 0) is 22.1 Å². The molecule has 17 heavy (non-hydrogen) atoms. The Morgan fingerprint density at radius 3 is 2.47 bits per heavy atom. The lowest BCUT2D eigenvalue weighted by Crippen LogP contribution is -2.41. The topological polar surface area (TPSA) is 72.2 Å². The molecule has 0 bridgehead atoms. The first-order valence-electron chi connectivity index (χ1n) is 5.72. The fourth-order valence-electron chi connectivity index (χ4n) is 2.59. The Morgan fingerprint density at radius 1 is 1.47 bits per heavy atom. The zero-order valence-electron chi connectivity index (χ0n) is 10.1. The van der Waals surface area contributed by atoms with Crippen LogP contribution in [0.25, 0.3) is 0 Å². The summed E-state index contributed by atoms with van der Waals surface area (Å²) in [5.74, 6) is -0.700. The Balaban J connectivity index is 2.45. The van der Waals surface area contributed by atoms with E-state index in [-0.39, 0.29) is 5.78 Å². The van der Waals surface area contributed by atoms with Crippen molar-refractivity contribution in [2.75, 3.05) is 0 Å². The van der Waals surface area contributed by atoms with E-state index in [1.54, 1.807) is 11.7 Å². The van der Waals surface area contributed by atoms with Gasteiger partial charge in [0.15, 0.2) is 0 Å². The summed E-state index contributed by atoms with van der Waals surface area (Å²) in [6.07, 6.45) is 1.44. The number of carboxylic acid groups (broad SMARTS) is 1. The molecular formula is C12H16N2O3. The number of aliphatic carboxylic acids is 1. The fraction of sp³-hybridized carbons (Fsp3) is 0.583. The highest BCUT2D eigenvalue weighted by Crippen LogP contribution is 2.38. The standard InChI is InChI=1S/C12H16N2O3/c1-8-7-10(14(2)13-8)12(11(16)17)5-3-9(15)4-6-12/h7H,3-6H2,1-2H3,(H,16,17). The first kappa shape index (κ1) is 11.8. The molecule has 1 fully saturated rings. The molecule has 0 aromatic carbocycles. The Hall–Kier alpha value is -1.65. The van der Waals surface area contributed by atoms with E-state index in [1.807, 2.05) is 13.0 Å². The first-order valence-corrected chi connectivity index (χ1v) is 5.72. The van der Waals surface area contributed by atoms with Crippen LogP contribution in [0.5, 0.6) is 0 Å². The number of ketones is 1. The quantitative estimate of drug-likeness (QED) is 0.837. The van der Waals surface area contributed by atoms with Crippen LogP contribution in [0, 0.1) is 6.92 Å². The van der Waals surface area contributed by atoms with E-state index in [2.05, 4.69) is 5.10 Å². The number of hydrogen-bond donors (Lipinski definition) is 1. The summed E-state index contributed by atoms with van der Waals surface area (Å²) >= 11 is 0. The van der Waals surface area contributed by atoms with E-state index in [4.69, 9.17) is 0 Å². The summed E-state index contributed by atoms with van der Waals surface area (Å²) in [6.45, 7) is 1.84. The smallest absolute Gasteiger partial charge is 0.315 e. The molecule has 1 N–H and O–H groups in total. The summed E-state index contributed by atoms with van der Waals surface area (Å²) in [7, 11) is 1.75. The van der Waals surface area contributed by atoms with Crippen molar-refractivity contribution in [3.8, 4) is 0 Å². The zero-order chi connectivity index (χ0) is 12.6. The van der Waals surface area contributed by atoms with Crippen LogP contribution >= 0.6 is 0 Å². The predicted molar refractivity (Wildman–Crippen MR) is 60.7 cm³/mol. The monoisotopic (exact) mass is 236 g/mol. The summed E-state index contributed by atoms with van der Waals surface area (Å²) in [5.41, 5.74) is 0.569. The Labute approximate surface area is 99.4 Å². The molecule has 0 amide bonds. The third-order valence-electron chi connectivity index (χ3n) is 3.56. The lowest BCUT2D eigenvalue weighted by atomic mass is 9.71. The van der Waals surface area contributed by atoms with Gasteiger partial charge < -0.3 is 5.11 Å². The van der Waals surface area contributed by atoms with Crippen molar-refractivity contribution in [2.45, 2.75) is 38.0 Å². The molecule has 0 spiro atoms. The number of hydrogen-bond acceptors (Lipinski definition) is 3. The van der Waals surface area contributed by atoms with E-state index >= 15 is 0 Å². The normalized spacial score (nSPS) is 19.3.